The van der Waals surface area contributed by atoms with Crippen LogP contribution in [0.3, 0.4) is 0 Å². The standard InChI is InChI=1S/C30H44F3N5O/c1-29(2,3)23-7-9-26(10-8-23)37-17-5-16-36(20-21-37)15-4-6-28(39)38-18-12-24(13-19-38)35-25-11-14-34-27(22-25)30(31,32)33/h7-10,22,24,35H,4-6,11-21H2,1-3H3. The lowest BCUT2D eigenvalue weighted by Gasteiger charge is -2.34. The molecule has 0 atom stereocenters. The highest BCUT2D eigenvalue weighted by atomic mass is 19.4. The molecule has 0 aliphatic carbocycles. The highest BCUT2D eigenvalue weighted by Crippen LogP contribution is 2.26. The second-order valence-electron chi connectivity index (χ2n) is 12.1. The van der Waals surface area contributed by atoms with Gasteiger partial charge in [0.25, 0.3) is 0 Å². The summed E-state index contributed by atoms with van der Waals surface area (Å²) in [5.74, 6) is 0.187. The smallest absolute Gasteiger partial charge is 0.385 e. The van der Waals surface area contributed by atoms with E-state index in [0.29, 0.717) is 31.6 Å². The second-order valence-corrected chi connectivity index (χ2v) is 12.1. The minimum Gasteiger partial charge on any atom is -0.385 e. The molecule has 2 saturated heterocycles. The van der Waals surface area contributed by atoms with Gasteiger partial charge >= 0.3 is 6.18 Å². The molecule has 0 radical (unpaired) electrons. The third kappa shape index (κ3) is 8.47. The first kappa shape index (κ1) is 29.4. The van der Waals surface area contributed by atoms with Gasteiger partial charge in [-0.3, -0.25) is 9.79 Å². The van der Waals surface area contributed by atoms with Crippen molar-refractivity contribution in [2.45, 2.75) is 76.9 Å². The first-order chi connectivity index (χ1) is 18.5. The van der Waals surface area contributed by atoms with E-state index in [2.05, 4.69) is 65.1 Å². The Labute approximate surface area is 231 Å². The number of nitrogens with one attached hydrogen (secondary N) is 1. The van der Waals surface area contributed by atoms with Gasteiger partial charge < -0.3 is 20.0 Å². The Morgan fingerprint density at radius 3 is 2.38 bits per heavy atom. The molecule has 9 heteroatoms. The second kappa shape index (κ2) is 12.7. The predicted molar refractivity (Wildman–Crippen MR) is 151 cm³/mol. The van der Waals surface area contributed by atoms with Gasteiger partial charge in [0.1, 0.15) is 5.71 Å². The quantitative estimate of drug-likeness (QED) is 0.513. The number of piperidine rings is 1. The zero-order valence-electron chi connectivity index (χ0n) is 23.7. The fourth-order valence-corrected chi connectivity index (χ4v) is 5.64. The van der Waals surface area contributed by atoms with Crippen molar-refractivity contribution in [3.8, 4) is 0 Å². The number of hydrogen-bond donors (Lipinski definition) is 1. The number of carbonyl (C=O) groups excluding carboxylic acids is 1. The molecular weight excluding hydrogens is 503 g/mol. The van der Waals surface area contributed by atoms with E-state index < -0.39 is 11.9 Å². The SMILES string of the molecule is CC(C)(C)c1ccc(N2CCCN(CCCC(=O)N3CCC(NC4=CC(C(F)(F)F)=NCC4)CC3)CC2)cc1. The van der Waals surface area contributed by atoms with Crippen LogP contribution in [0.2, 0.25) is 0 Å². The van der Waals surface area contributed by atoms with Crippen LogP contribution in [-0.4, -0.2) is 86.0 Å². The molecule has 3 heterocycles. The van der Waals surface area contributed by atoms with Crippen molar-refractivity contribution in [1.82, 2.24) is 15.1 Å². The van der Waals surface area contributed by atoms with Gasteiger partial charge in [0.2, 0.25) is 5.91 Å². The van der Waals surface area contributed by atoms with Crippen LogP contribution in [0.15, 0.2) is 41.0 Å². The van der Waals surface area contributed by atoms with E-state index in [1.807, 2.05) is 4.90 Å². The van der Waals surface area contributed by atoms with E-state index in [1.54, 1.807) is 0 Å². The van der Waals surface area contributed by atoms with Gasteiger partial charge in [-0.2, -0.15) is 13.2 Å². The van der Waals surface area contributed by atoms with Crippen LogP contribution in [-0.2, 0) is 10.2 Å². The van der Waals surface area contributed by atoms with Crippen molar-refractivity contribution in [3.05, 3.63) is 41.6 Å². The normalized spacial score (nSPS) is 20.4. The summed E-state index contributed by atoms with van der Waals surface area (Å²) < 4.78 is 38.9. The Bertz CT molecular complexity index is 1020. The van der Waals surface area contributed by atoms with Crippen LogP contribution < -0.4 is 10.2 Å². The van der Waals surface area contributed by atoms with E-state index in [1.165, 1.54) is 11.3 Å². The third-order valence-corrected chi connectivity index (χ3v) is 8.05. The summed E-state index contributed by atoms with van der Waals surface area (Å²) in [7, 11) is 0. The molecular formula is C30H44F3N5O. The number of rotatable bonds is 7. The number of benzene rings is 1. The Morgan fingerprint density at radius 1 is 1.00 bits per heavy atom. The molecule has 1 aromatic rings. The zero-order valence-corrected chi connectivity index (χ0v) is 23.7. The Balaban J connectivity index is 1.14. The van der Waals surface area contributed by atoms with Gasteiger partial charge in [0.15, 0.2) is 0 Å². The molecule has 0 spiro atoms. The number of hydrogen-bond acceptors (Lipinski definition) is 5. The van der Waals surface area contributed by atoms with Crippen LogP contribution in [0.1, 0.15) is 64.9 Å². The Kier molecular flexibility index (Phi) is 9.62. The summed E-state index contributed by atoms with van der Waals surface area (Å²) in [6.07, 6.45) is 1.23. The van der Waals surface area contributed by atoms with Crippen LogP contribution in [0, 0.1) is 0 Å². The van der Waals surface area contributed by atoms with E-state index in [9.17, 15) is 18.0 Å². The molecule has 39 heavy (non-hydrogen) atoms. The largest absolute Gasteiger partial charge is 0.432 e. The van der Waals surface area contributed by atoms with Crippen molar-refractivity contribution in [2.75, 3.05) is 57.3 Å². The van der Waals surface area contributed by atoms with Gasteiger partial charge in [-0.25, -0.2) is 0 Å². The third-order valence-electron chi connectivity index (χ3n) is 8.05. The van der Waals surface area contributed by atoms with Crippen LogP contribution in [0.5, 0.6) is 0 Å². The highest BCUT2D eigenvalue weighted by Gasteiger charge is 2.35. The first-order valence-electron chi connectivity index (χ1n) is 14.4. The maximum atomic E-state index is 13.0. The number of amides is 1. The molecule has 2 fully saturated rings. The summed E-state index contributed by atoms with van der Waals surface area (Å²) in [4.78, 5) is 23.3. The number of likely N-dealkylation sites (tertiary alicyclic amines) is 1. The van der Waals surface area contributed by atoms with Gasteiger partial charge in [-0.1, -0.05) is 32.9 Å². The predicted octanol–water partition coefficient (Wildman–Crippen LogP) is 5.15. The molecule has 0 aromatic heterocycles. The molecule has 0 unspecified atom stereocenters. The Morgan fingerprint density at radius 2 is 1.72 bits per heavy atom. The summed E-state index contributed by atoms with van der Waals surface area (Å²) in [5, 5.41) is 3.27. The molecule has 3 aliphatic rings. The van der Waals surface area contributed by atoms with Gasteiger partial charge in [0, 0.05) is 69.5 Å². The summed E-state index contributed by atoms with van der Waals surface area (Å²) in [5.41, 5.74) is 2.58. The average molecular weight is 548 g/mol. The molecule has 216 valence electrons. The van der Waals surface area contributed by atoms with Gasteiger partial charge in [-0.05, 0) is 68.0 Å². The molecule has 3 aliphatic heterocycles. The number of halogens is 3. The number of anilines is 1. The van der Waals surface area contributed by atoms with Crippen LogP contribution in [0.4, 0.5) is 18.9 Å². The monoisotopic (exact) mass is 547 g/mol. The lowest BCUT2D eigenvalue weighted by Crippen LogP contribution is -2.45. The average Bonchev–Trinajstić information content (AvgIpc) is 3.14. The number of aliphatic imine (C=N–C) groups is 1. The molecule has 0 saturated carbocycles. The van der Waals surface area contributed by atoms with E-state index >= 15 is 0 Å². The lowest BCUT2D eigenvalue weighted by molar-refractivity contribution is -0.132. The summed E-state index contributed by atoms with van der Waals surface area (Å²) in [6, 6.07) is 9.07. The van der Waals surface area contributed by atoms with Crippen LogP contribution >= 0.6 is 0 Å². The van der Waals surface area contributed by atoms with Crippen LogP contribution in [0.25, 0.3) is 0 Å². The topological polar surface area (TPSA) is 51.2 Å². The minimum atomic E-state index is -4.41. The summed E-state index contributed by atoms with van der Waals surface area (Å²) in [6.45, 7) is 13.2. The van der Waals surface area contributed by atoms with Gasteiger partial charge in [0.05, 0.1) is 0 Å². The lowest BCUT2D eigenvalue weighted by atomic mass is 9.87. The number of carbonyl (C=O) groups is 1. The maximum absolute atomic E-state index is 13.0. The molecule has 0 bridgehead atoms. The molecule has 6 nitrogen and oxygen atoms in total. The molecule has 4 rings (SSSR count). The van der Waals surface area contributed by atoms with Crippen molar-refractivity contribution in [1.29, 1.82) is 0 Å². The van der Waals surface area contributed by atoms with Gasteiger partial charge in [-0.15, -0.1) is 0 Å². The van der Waals surface area contributed by atoms with Crippen molar-refractivity contribution >= 4 is 17.3 Å². The van der Waals surface area contributed by atoms with Crippen molar-refractivity contribution in [2.24, 2.45) is 4.99 Å². The number of allylic oxidation sites excluding steroid dienone is 1. The zero-order chi connectivity index (χ0) is 28.0. The number of nitrogens with zero attached hydrogens (tertiary/aromatic N) is 4. The van der Waals surface area contributed by atoms with E-state index in [0.717, 1.165) is 64.5 Å². The van der Waals surface area contributed by atoms with Crippen molar-refractivity contribution in [3.63, 3.8) is 0 Å². The minimum absolute atomic E-state index is 0.0950. The van der Waals surface area contributed by atoms with E-state index in [-0.39, 0.29) is 23.9 Å². The van der Waals surface area contributed by atoms with E-state index in [4.69, 9.17) is 0 Å². The molecule has 1 amide bonds. The number of alkyl halides is 3. The fraction of sp³-hybridized carbons (Fsp3) is 0.667. The first-order valence-corrected chi connectivity index (χ1v) is 14.4. The highest BCUT2D eigenvalue weighted by molar-refractivity contribution is 6.00. The summed E-state index contributed by atoms with van der Waals surface area (Å²) >= 11 is 0. The van der Waals surface area contributed by atoms with Crippen molar-refractivity contribution < 1.29 is 18.0 Å². The molecule has 1 N–H and O–H groups in total. The maximum Gasteiger partial charge on any atom is 0.432 e. The fourth-order valence-electron chi connectivity index (χ4n) is 5.64. The molecule has 1 aromatic carbocycles. The number of dihydropyridines is 1. The Hall–Kier alpha value is -2.55.